The van der Waals surface area contributed by atoms with E-state index in [4.69, 9.17) is 27.9 Å². The number of phenolic OH excluding ortho intramolecular Hbond substituents is 1. The van der Waals surface area contributed by atoms with E-state index in [9.17, 15) is 14.7 Å². The second-order valence-electron chi connectivity index (χ2n) is 6.98. The highest BCUT2D eigenvalue weighted by Gasteiger charge is 2.27. The predicted octanol–water partition coefficient (Wildman–Crippen LogP) is 6.09. The fraction of sp³-hybridized carbons (Fsp3) is 0.273. The molecule has 3 rings (SSSR count). The van der Waals surface area contributed by atoms with Crippen molar-refractivity contribution in [3.8, 4) is 11.5 Å². The summed E-state index contributed by atoms with van der Waals surface area (Å²) >= 11 is 12.1. The lowest BCUT2D eigenvalue weighted by Gasteiger charge is -2.14. The Balaban J connectivity index is 2.35. The minimum Gasteiger partial charge on any atom is -0.508 e. The molecule has 0 radical (unpaired) electrons. The lowest BCUT2D eigenvalue weighted by molar-refractivity contribution is -0.131. The largest absolute Gasteiger partial charge is 0.508 e. The van der Waals surface area contributed by atoms with Crippen LogP contribution in [0.1, 0.15) is 54.7 Å². The fourth-order valence-electron chi connectivity index (χ4n) is 3.48. The lowest BCUT2D eigenvalue weighted by Crippen LogP contribution is -2.14. The number of fused-ring (bicyclic) bond motifs is 1. The fourth-order valence-corrected chi connectivity index (χ4v) is 3.77. The summed E-state index contributed by atoms with van der Waals surface area (Å²) in [5.74, 6) is -0.493. The summed E-state index contributed by atoms with van der Waals surface area (Å²) in [7, 11) is 0. The second-order valence-corrected chi connectivity index (χ2v) is 7.79. The molecule has 0 aliphatic carbocycles. The number of carbonyl (C=O) groups is 2. The third-order valence-electron chi connectivity index (χ3n) is 5.05. The van der Waals surface area contributed by atoms with Gasteiger partial charge in [-0.15, -0.1) is 0 Å². The van der Waals surface area contributed by atoms with Crippen molar-refractivity contribution in [1.82, 2.24) is 4.57 Å². The maximum Gasteiger partial charge on any atom is 0.308 e. The van der Waals surface area contributed by atoms with Crippen molar-refractivity contribution in [2.75, 3.05) is 0 Å². The van der Waals surface area contributed by atoms with Gasteiger partial charge in [0.05, 0.1) is 26.6 Å². The Kier molecular flexibility index (Phi) is 5.92. The van der Waals surface area contributed by atoms with Crippen LogP contribution in [0.5, 0.6) is 11.5 Å². The van der Waals surface area contributed by atoms with Crippen LogP contribution >= 0.6 is 23.2 Å². The van der Waals surface area contributed by atoms with Gasteiger partial charge in [-0.2, -0.15) is 0 Å². The Bertz CT molecular complexity index is 1130. The molecule has 5 nitrogen and oxygen atoms in total. The molecule has 0 spiro atoms. The van der Waals surface area contributed by atoms with Crippen LogP contribution < -0.4 is 4.74 Å². The van der Waals surface area contributed by atoms with Crippen molar-refractivity contribution >= 4 is 46.0 Å². The molecule has 1 aromatic heterocycles. The minimum atomic E-state index is -0.507. The van der Waals surface area contributed by atoms with Crippen molar-refractivity contribution in [1.29, 1.82) is 0 Å². The quantitative estimate of drug-likeness (QED) is 0.505. The maximum absolute atomic E-state index is 13.3. The molecule has 2 aromatic carbocycles. The van der Waals surface area contributed by atoms with E-state index >= 15 is 0 Å². The van der Waals surface area contributed by atoms with Gasteiger partial charge in [0.1, 0.15) is 5.75 Å². The molecule has 29 heavy (non-hydrogen) atoms. The zero-order valence-corrected chi connectivity index (χ0v) is 18.1. The van der Waals surface area contributed by atoms with Crippen LogP contribution in [0.4, 0.5) is 0 Å². The van der Waals surface area contributed by atoms with Crippen molar-refractivity contribution in [3.63, 3.8) is 0 Å². The predicted molar refractivity (Wildman–Crippen MR) is 115 cm³/mol. The van der Waals surface area contributed by atoms with E-state index in [-0.39, 0.29) is 28.3 Å². The highest BCUT2D eigenvalue weighted by atomic mass is 35.5. The molecule has 0 saturated carbocycles. The van der Waals surface area contributed by atoms with Gasteiger partial charge < -0.3 is 9.84 Å². The summed E-state index contributed by atoms with van der Waals surface area (Å²) in [6.45, 7) is 6.97. The average Bonchev–Trinajstić information content (AvgIpc) is 2.94. The highest BCUT2D eigenvalue weighted by Crippen LogP contribution is 2.43. The van der Waals surface area contributed by atoms with Gasteiger partial charge in [0, 0.05) is 18.1 Å². The number of carbonyl (C=O) groups excluding carboxylic acids is 2. The first-order valence-corrected chi connectivity index (χ1v) is 9.97. The molecular formula is C22H21Cl2NO4. The molecule has 0 saturated heterocycles. The first-order chi connectivity index (χ1) is 13.7. The van der Waals surface area contributed by atoms with Crippen LogP contribution in [-0.2, 0) is 4.79 Å². The van der Waals surface area contributed by atoms with Crippen LogP contribution in [0.3, 0.4) is 0 Å². The Hall–Kier alpha value is -2.50. The number of aromatic nitrogens is 1. The average molecular weight is 434 g/mol. The SMILES string of the molecule is CCC(C)c1c(O)ccc2c1c(OC(C)=O)c(C)n2C(=O)c1ccc(Cl)c(Cl)c1. The molecule has 152 valence electrons. The summed E-state index contributed by atoms with van der Waals surface area (Å²) in [5, 5.41) is 11.7. The molecule has 1 N–H and O–H groups in total. The van der Waals surface area contributed by atoms with Crippen molar-refractivity contribution in [2.45, 2.75) is 40.0 Å². The van der Waals surface area contributed by atoms with E-state index in [2.05, 4.69) is 0 Å². The second kappa shape index (κ2) is 8.09. The molecular weight excluding hydrogens is 413 g/mol. The summed E-state index contributed by atoms with van der Waals surface area (Å²) in [5.41, 5.74) is 1.99. The van der Waals surface area contributed by atoms with Gasteiger partial charge in [-0.05, 0) is 49.6 Å². The van der Waals surface area contributed by atoms with E-state index in [1.54, 1.807) is 31.2 Å². The molecule has 1 heterocycles. The van der Waals surface area contributed by atoms with Crippen LogP contribution in [0.15, 0.2) is 30.3 Å². The van der Waals surface area contributed by atoms with E-state index in [0.717, 1.165) is 6.42 Å². The van der Waals surface area contributed by atoms with E-state index in [1.165, 1.54) is 17.6 Å². The molecule has 0 bridgehead atoms. The van der Waals surface area contributed by atoms with Gasteiger partial charge >= 0.3 is 5.97 Å². The van der Waals surface area contributed by atoms with Gasteiger partial charge in [-0.3, -0.25) is 14.2 Å². The highest BCUT2D eigenvalue weighted by molar-refractivity contribution is 6.42. The molecule has 0 amide bonds. The van der Waals surface area contributed by atoms with Gasteiger partial charge in [-0.25, -0.2) is 0 Å². The van der Waals surface area contributed by atoms with Crippen LogP contribution in [0.25, 0.3) is 10.9 Å². The van der Waals surface area contributed by atoms with E-state index < -0.39 is 5.97 Å². The Labute approximate surface area is 178 Å². The van der Waals surface area contributed by atoms with Crippen molar-refractivity contribution in [3.05, 3.63) is 57.2 Å². The summed E-state index contributed by atoms with van der Waals surface area (Å²) in [4.78, 5) is 25.1. The zero-order valence-electron chi connectivity index (χ0n) is 16.5. The third kappa shape index (κ3) is 3.72. The van der Waals surface area contributed by atoms with Crippen LogP contribution in [-0.4, -0.2) is 21.6 Å². The lowest BCUT2D eigenvalue weighted by atomic mass is 9.94. The van der Waals surface area contributed by atoms with Crippen molar-refractivity contribution < 1.29 is 19.4 Å². The van der Waals surface area contributed by atoms with Gasteiger partial charge in [0.25, 0.3) is 5.91 Å². The smallest absolute Gasteiger partial charge is 0.308 e. The van der Waals surface area contributed by atoms with Crippen LogP contribution in [0.2, 0.25) is 10.0 Å². The molecule has 0 fully saturated rings. The monoisotopic (exact) mass is 433 g/mol. The zero-order chi connectivity index (χ0) is 21.5. The van der Waals surface area contributed by atoms with Crippen LogP contribution in [0, 0.1) is 6.92 Å². The first kappa shape index (κ1) is 21.2. The molecule has 7 heteroatoms. The number of phenols is 1. The summed E-state index contributed by atoms with van der Waals surface area (Å²) in [6.07, 6.45) is 0.761. The molecule has 0 aliphatic rings. The normalized spacial score (nSPS) is 12.2. The summed E-state index contributed by atoms with van der Waals surface area (Å²) < 4.78 is 6.96. The Morgan fingerprint density at radius 2 is 1.86 bits per heavy atom. The number of hydrogen-bond donors (Lipinski definition) is 1. The van der Waals surface area contributed by atoms with Gasteiger partial charge in [0.2, 0.25) is 0 Å². The van der Waals surface area contributed by atoms with Gasteiger partial charge in [-0.1, -0.05) is 37.0 Å². The number of benzene rings is 2. The van der Waals surface area contributed by atoms with Crippen molar-refractivity contribution in [2.24, 2.45) is 0 Å². The standard InChI is InChI=1S/C22H21Cl2NO4/c1-5-11(2)19-18(27)9-8-17-20(19)21(29-13(4)26)12(3)25(17)22(28)14-6-7-15(23)16(24)10-14/h6-11,27H,5H2,1-4H3. The number of aromatic hydroxyl groups is 1. The van der Waals surface area contributed by atoms with E-state index in [0.29, 0.717) is 32.7 Å². The number of rotatable bonds is 4. The minimum absolute atomic E-state index is 0.0108. The molecule has 0 aliphatic heterocycles. The maximum atomic E-state index is 13.3. The number of hydrogen-bond acceptors (Lipinski definition) is 4. The molecule has 1 unspecified atom stereocenters. The molecule has 1 atom stereocenters. The Morgan fingerprint density at radius 3 is 2.45 bits per heavy atom. The van der Waals surface area contributed by atoms with E-state index in [1.807, 2.05) is 13.8 Å². The first-order valence-electron chi connectivity index (χ1n) is 9.22. The van der Waals surface area contributed by atoms with Gasteiger partial charge in [0.15, 0.2) is 5.75 Å². The summed E-state index contributed by atoms with van der Waals surface area (Å²) in [6, 6.07) is 7.84. The third-order valence-corrected chi connectivity index (χ3v) is 5.79. The molecule has 3 aromatic rings. The Morgan fingerprint density at radius 1 is 1.17 bits per heavy atom. The number of halogens is 2. The number of esters is 1. The number of nitrogens with zero attached hydrogens (tertiary/aromatic N) is 1. The number of ether oxygens (including phenoxy) is 1. The topological polar surface area (TPSA) is 68.5 Å².